The predicted octanol–water partition coefficient (Wildman–Crippen LogP) is 3.03. The van der Waals surface area contributed by atoms with Crippen LogP contribution in [0, 0.1) is 25.5 Å². The molecule has 1 saturated heterocycles. The molecule has 1 aliphatic rings. The van der Waals surface area contributed by atoms with Gasteiger partial charge in [-0.3, -0.25) is 9.48 Å². The maximum atomic E-state index is 13.3. The van der Waals surface area contributed by atoms with Gasteiger partial charge in [-0.05, 0) is 50.6 Å². The number of aromatic nitrogens is 2. The Labute approximate surface area is 150 Å². The number of carbonyl (C=O) groups excluding carboxylic acids is 1. The van der Waals surface area contributed by atoms with Crippen LogP contribution in [0.3, 0.4) is 0 Å². The zero-order valence-corrected chi connectivity index (χ0v) is 15.2. The Morgan fingerprint density at radius 3 is 2.62 bits per heavy atom. The molecule has 2 heterocycles. The van der Waals surface area contributed by atoms with E-state index in [-0.39, 0.29) is 23.1 Å². The molecule has 2 aromatic rings. The van der Waals surface area contributed by atoms with Crippen molar-refractivity contribution >= 4 is 21.7 Å². The average Bonchev–Trinajstić information content (AvgIpc) is 3.07. The van der Waals surface area contributed by atoms with Crippen molar-refractivity contribution in [2.24, 2.45) is 0 Å². The second-order valence-corrected chi connectivity index (χ2v) is 8.64. The quantitative estimate of drug-likeness (QED) is 0.604. The smallest absolute Gasteiger partial charge is 0.185 e. The number of benzene rings is 1. The highest BCUT2D eigenvalue weighted by atomic mass is 32.2. The van der Waals surface area contributed by atoms with E-state index >= 15 is 0 Å². The van der Waals surface area contributed by atoms with Crippen molar-refractivity contribution in [2.75, 3.05) is 11.5 Å². The molecule has 0 radical (unpaired) electrons. The maximum Gasteiger partial charge on any atom is 0.185 e. The Morgan fingerprint density at radius 1 is 1.27 bits per heavy atom. The second-order valence-electron chi connectivity index (χ2n) is 6.41. The molecule has 1 fully saturated rings. The molecular weight excluding hydrogens is 362 g/mol. The van der Waals surface area contributed by atoms with Gasteiger partial charge in [0.2, 0.25) is 0 Å². The Kier molecular flexibility index (Phi) is 4.79. The van der Waals surface area contributed by atoms with Gasteiger partial charge >= 0.3 is 0 Å². The highest BCUT2D eigenvalue weighted by Crippen LogP contribution is 2.27. The number of halogens is 2. The van der Waals surface area contributed by atoms with Gasteiger partial charge < -0.3 is 0 Å². The van der Waals surface area contributed by atoms with Gasteiger partial charge in [0.1, 0.15) is 0 Å². The van der Waals surface area contributed by atoms with Gasteiger partial charge in [0.25, 0.3) is 0 Å². The van der Waals surface area contributed by atoms with Gasteiger partial charge in [0.15, 0.2) is 27.3 Å². The lowest BCUT2D eigenvalue weighted by Gasteiger charge is -2.10. The number of aryl methyl sites for hydroxylation is 1. The lowest BCUT2D eigenvalue weighted by Crippen LogP contribution is -2.13. The van der Waals surface area contributed by atoms with Gasteiger partial charge in [-0.2, -0.15) is 5.10 Å². The number of rotatable bonds is 4. The van der Waals surface area contributed by atoms with E-state index in [9.17, 15) is 22.0 Å². The van der Waals surface area contributed by atoms with Crippen molar-refractivity contribution in [2.45, 2.75) is 26.3 Å². The summed E-state index contributed by atoms with van der Waals surface area (Å²) in [6.45, 7) is 3.58. The molecular formula is C18H18F2N2O3S. The fourth-order valence-electron chi connectivity index (χ4n) is 3.15. The lowest BCUT2D eigenvalue weighted by molar-refractivity contribution is 0.104. The minimum Gasteiger partial charge on any atom is -0.289 e. The molecule has 0 amide bonds. The molecule has 1 atom stereocenters. The van der Waals surface area contributed by atoms with Crippen LogP contribution in [0.4, 0.5) is 8.78 Å². The lowest BCUT2D eigenvalue weighted by atomic mass is 10.1. The van der Waals surface area contributed by atoms with Gasteiger partial charge in [0, 0.05) is 16.8 Å². The first-order valence-corrected chi connectivity index (χ1v) is 9.93. The van der Waals surface area contributed by atoms with E-state index in [0.717, 1.165) is 17.8 Å². The van der Waals surface area contributed by atoms with Crippen LogP contribution >= 0.6 is 0 Å². The third-order valence-corrected chi connectivity index (χ3v) is 6.29. The van der Waals surface area contributed by atoms with Gasteiger partial charge in [0.05, 0.1) is 23.2 Å². The highest BCUT2D eigenvalue weighted by Gasteiger charge is 2.31. The summed E-state index contributed by atoms with van der Waals surface area (Å²) in [6.07, 6.45) is 3.36. The van der Waals surface area contributed by atoms with Crippen molar-refractivity contribution < 1.29 is 22.0 Å². The topological polar surface area (TPSA) is 69.0 Å². The number of carbonyl (C=O) groups is 1. The van der Waals surface area contributed by atoms with Gasteiger partial charge in [-0.1, -0.05) is 0 Å². The summed E-state index contributed by atoms with van der Waals surface area (Å²) in [5.41, 5.74) is 2.19. The molecule has 0 aliphatic carbocycles. The van der Waals surface area contributed by atoms with Crippen LogP contribution < -0.4 is 0 Å². The van der Waals surface area contributed by atoms with E-state index in [0.29, 0.717) is 17.7 Å². The number of nitrogens with zero attached hydrogens (tertiary/aromatic N) is 2. The van der Waals surface area contributed by atoms with E-state index in [4.69, 9.17) is 0 Å². The van der Waals surface area contributed by atoms with Crippen LogP contribution in [0.25, 0.3) is 6.08 Å². The normalized spacial score (nSPS) is 19.3. The molecule has 3 rings (SSSR count). The minimum absolute atomic E-state index is 0.0461. The summed E-state index contributed by atoms with van der Waals surface area (Å²) in [6, 6.07) is 2.78. The van der Waals surface area contributed by atoms with Crippen LogP contribution in [0.1, 0.15) is 39.8 Å². The Hall–Kier alpha value is -2.35. The summed E-state index contributed by atoms with van der Waals surface area (Å²) in [7, 11) is -3.03. The molecule has 0 spiro atoms. The summed E-state index contributed by atoms with van der Waals surface area (Å²) in [5.74, 6) is -2.34. The maximum absolute atomic E-state index is 13.3. The molecule has 5 nitrogen and oxygen atoms in total. The number of ketones is 1. The fraction of sp³-hybridized carbons (Fsp3) is 0.333. The molecule has 0 bridgehead atoms. The SMILES string of the molecule is Cc1nn([C@@H]2CCS(=O)(=O)C2)c(C)c1/C=C/C(=O)c1ccc(F)c(F)c1. The van der Waals surface area contributed by atoms with Gasteiger partial charge in [-0.15, -0.1) is 0 Å². The van der Waals surface area contributed by atoms with Crippen molar-refractivity contribution in [1.82, 2.24) is 9.78 Å². The summed E-state index contributed by atoms with van der Waals surface area (Å²) in [5, 5.41) is 4.41. The molecule has 1 aromatic carbocycles. The molecule has 0 saturated carbocycles. The Balaban J connectivity index is 1.85. The number of allylic oxidation sites excluding steroid dienone is 1. The first kappa shape index (κ1) is 18.4. The molecule has 1 aliphatic heterocycles. The summed E-state index contributed by atoms with van der Waals surface area (Å²) >= 11 is 0. The van der Waals surface area contributed by atoms with E-state index in [1.165, 1.54) is 12.1 Å². The zero-order chi connectivity index (χ0) is 19.1. The predicted molar refractivity (Wildman–Crippen MR) is 93.7 cm³/mol. The van der Waals surface area contributed by atoms with Crippen LogP contribution in [-0.4, -0.2) is 35.5 Å². The van der Waals surface area contributed by atoms with Crippen LogP contribution in [0.5, 0.6) is 0 Å². The minimum atomic E-state index is -3.03. The van der Waals surface area contributed by atoms with Crippen molar-refractivity contribution in [1.29, 1.82) is 0 Å². The standard InChI is InChI=1S/C18H18F2N2O3S/c1-11-15(4-6-18(23)13-3-5-16(19)17(20)9-13)12(2)22(21-11)14-7-8-26(24,25)10-14/h3-6,9,14H,7-8,10H2,1-2H3/b6-4+/t14-/m1/s1. The van der Waals surface area contributed by atoms with E-state index in [1.807, 2.05) is 6.92 Å². The monoisotopic (exact) mass is 380 g/mol. The van der Waals surface area contributed by atoms with Crippen molar-refractivity contribution in [3.63, 3.8) is 0 Å². The van der Waals surface area contributed by atoms with Crippen LogP contribution in [-0.2, 0) is 9.84 Å². The molecule has 0 N–H and O–H groups in total. The van der Waals surface area contributed by atoms with Crippen LogP contribution in [0.2, 0.25) is 0 Å². The molecule has 138 valence electrons. The number of hydrogen-bond acceptors (Lipinski definition) is 4. The Bertz CT molecular complexity index is 1010. The van der Waals surface area contributed by atoms with E-state index in [1.54, 1.807) is 17.7 Å². The first-order chi connectivity index (χ1) is 12.2. The molecule has 1 aromatic heterocycles. The van der Waals surface area contributed by atoms with E-state index < -0.39 is 27.3 Å². The number of hydrogen-bond donors (Lipinski definition) is 0. The third kappa shape index (κ3) is 3.60. The first-order valence-electron chi connectivity index (χ1n) is 8.11. The van der Waals surface area contributed by atoms with E-state index in [2.05, 4.69) is 5.10 Å². The van der Waals surface area contributed by atoms with Crippen molar-refractivity contribution in [3.8, 4) is 0 Å². The fourth-order valence-corrected chi connectivity index (χ4v) is 4.84. The molecule has 26 heavy (non-hydrogen) atoms. The Morgan fingerprint density at radius 2 is 2.00 bits per heavy atom. The zero-order valence-electron chi connectivity index (χ0n) is 14.4. The largest absolute Gasteiger partial charge is 0.289 e. The summed E-state index contributed by atoms with van der Waals surface area (Å²) in [4.78, 5) is 12.2. The summed E-state index contributed by atoms with van der Waals surface area (Å²) < 4.78 is 51.3. The highest BCUT2D eigenvalue weighted by molar-refractivity contribution is 7.91. The van der Waals surface area contributed by atoms with Crippen molar-refractivity contribution in [3.05, 3.63) is 58.4 Å². The van der Waals surface area contributed by atoms with Gasteiger partial charge in [-0.25, -0.2) is 17.2 Å². The number of sulfone groups is 1. The average molecular weight is 380 g/mol. The molecule has 0 unspecified atom stereocenters. The van der Waals surface area contributed by atoms with Crippen LogP contribution in [0.15, 0.2) is 24.3 Å². The molecule has 8 heteroatoms. The third-order valence-electron chi connectivity index (χ3n) is 4.54. The second kappa shape index (κ2) is 6.75.